The highest BCUT2D eigenvalue weighted by molar-refractivity contribution is 7.91. The second-order valence-electron chi connectivity index (χ2n) is 6.19. The van der Waals surface area contributed by atoms with Crippen LogP contribution in [0, 0.1) is 11.3 Å². The number of alkyl halides is 3. The molecule has 3 atom stereocenters. The Balaban J connectivity index is 2.29. The highest BCUT2D eigenvalue weighted by atomic mass is 32.2. The van der Waals surface area contributed by atoms with E-state index in [4.69, 9.17) is 5.73 Å². The number of hydrogen-bond acceptors (Lipinski definition) is 4. The van der Waals surface area contributed by atoms with Crippen molar-refractivity contribution in [3.05, 3.63) is 0 Å². The standard InChI is InChI=1S/C12H20F3NO3S/c13-12(14,15)9-2-1-3-11(17,6-9)10(7-16)4-5-20(18,19)8-10/h9,17H,1-8,16H2. The van der Waals surface area contributed by atoms with Gasteiger partial charge in [-0.2, -0.15) is 13.2 Å². The highest BCUT2D eigenvalue weighted by Gasteiger charge is 2.59. The van der Waals surface area contributed by atoms with Gasteiger partial charge >= 0.3 is 6.18 Å². The van der Waals surface area contributed by atoms with E-state index < -0.39 is 39.4 Å². The first-order valence-corrected chi connectivity index (χ1v) is 8.55. The molecular weight excluding hydrogens is 295 g/mol. The Morgan fingerprint density at radius 3 is 2.40 bits per heavy atom. The Bertz CT molecular complexity index is 479. The average Bonchev–Trinajstić information content (AvgIpc) is 2.66. The van der Waals surface area contributed by atoms with Crippen molar-refractivity contribution < 1.29 is 26.7 Å². The minimum atomic E-state index is -4.36. The predicted molar refractivity (Wildman–Crippen MR) is 67.7 cm³/mol. The van der Waals surface area contributed by atoms with Crippen LogP contribution in [0.15, 0.2) is 0 Å². The van der Waals surface area contributed by atoms with Crippen molar-refractivity contribution in [3.8, 4) is 0 Å². The summed E-state index contributed by atoms with van der Waals surface area (Å²) in [4.78, 5) is 0. The van der Waals surface area contributed by atoms with Crippen molar-refractivity contribution in [2.45, 2.75) is 43.9 Å². The molecule has 0 aromatic rings. The molecule has 0 radical (unpaired) electrons. The molecule has 2 rings (SSSR count). The van der Waals surface area contributed by atoms with Gasteiger partial charge in [-0.15, -0.1) is 0 Å². The maximum absolute atomic E-state index is 12.9. The first-order chi connectivity index (χ1) is 9.04. The summed E-state index contributed by atoms with van der Waals surface area (Å²) in [5.74, 6) is -1.99. The van der Waals surface area contributed by atoms with E-state index in [1.165, 1.54) is 0 Å². The summed E-state index contributed by atoms with van der Waals surface area (Å²) in [6, 6.07) is 0. The quantitative estimate of drug-likeness (QED) is 0.803. The fourth-order valence-corrected chi connectivity index (χ4v) is 5.87. The van der Waals surface area contributed by atoms with Crippen molar-refractivity contribution >= 4 is 9.84 Å². The molecule has 2 fully saturated rings. The van der Waals surface area contributed by atoms with E-state index >= 15 is 0 Å². The van der Waals surface area contributed by atoms with E-state index in [1.54, 1.807) is 0 Å². The number of hydrogen-bond donors (Lipinski definition) is 2. The summed E-state index contributed by atoms with van der Waals surface area (Å²) in [6.07, 6.45) is -4.24. The highest BCUT2D eigenvalue weighted by Crippen LogP contribution is 2.52. The predicted octanol–water partition coefficient (Wildman–Crippen LogP) is 1.23. The Hall–Kier alpha value is -0.340. The van der Waals surface area contributed by atoms with Crippen LogP contribution in [-0.2, 0) is 9.84 Å². The van der Waals surface area contributed by atoms with Gasteiger partial charge in [0.05, 0.1) is 23.0 Å². The molecule has 0 aromatic heterocycles. The van der Waals surface area contributed by atoms with Crippen molar-refractivity contribution in [2.24, 2.45) is 17.1 Å². The van der Waals surface area contributed by atoms with E-state index in [2.05, 4.69) is 0 Å². The number of halogens is 3. The largest absolute Gasteiger partial charge is 0.391 e. The first-order valence-electron chi connectivity index (χ1n) is 6.73. The molecule has 4 nitrogen and oxygen atoms in total. The molecule has 3 N–H and O–H groups in total. The SMILES string of the molecule is NCC1(C2(O)CCCC(C(F)(F)F)C2)CCS(=O)(=O)C1. The lowest BCUT2D eigenvalue weighted by molar-refractivity contribution is -0.214. The normalized spacial score (nSPS) is 41.8. The van der Waals surface area contributed by atoms with Gasteiger partial charge in [0.15, 0.2) is 9.84 Å². The minimum absolute atomic E-state index is 0.0147. The molecule has 3 unspecified atom stereocenters. The maximum atomic E-state index is 12.9. The first kappa shape index (κ1) is 16.0. The molecule has 118 valence electrons. The van der Waals surface area contributed by atoms with Gasteiger partial charge in [-0.3, -0.25) is 0 Å². The zero-order valence-corrected chi connectivity index (χ0v) is 11.9. The van der Waals surface area contributed by atoms with Gasteiger partial charge in [0.2, 0.25) is 0 Å². The van der Waals surface area contributed by atoms with Crippen LogP contribution in [0.3, 0.4) is 0 Å². The average molecular weight is 315 g/mol. The molecule has 2 aliphatic rings. The van der Waals surface area contributed by atoms with Crippen LogP contribution in [0.2, 0.25) is 0 Å². The molecule has 1 saturated carbocycles. The van der Waals surface area contributed by atoms with E-state index in [1.807, 2.05) is 0 Å². The number of rotatable bonds is 2. The maximum Gasteiger partial charge on any atom is 0.391 e. The van der Waals surface area contributed by atoms with Crippen LogP contribution in [0.5, 0.6) is 0 Å². The molecule has 20 heavy (non-hydrogen) atoms. The molecule has 0 aromatic carbocycles. The van der Waals surface area contributed by atoms with Gasteiger partial charge < -0.3 is 10.8 Å². The molecular formula is C12H20F3NO3S. The Labute approximate surface area is 116 Å². The van der Waals surface area contributed by atoms with Gasteiger partial charge in [-0.1, -0.05) is 0 Å². The van der Waals surface area contributed by atoms with Crippen LogP contribution in [0.25, 0.3) is 0 Å². The monoisotopic (exact) mass is 315 g/mol. The lowest BCUT2D eigenvalue weighted by Crippen LogP contribution is -2.57. The van der Waals surface area contributed by atoms with Crippen LogP contribution >= 0.6 is 0 Å². The molecule has 0 bridgehead atoms. The zero-order valence-electron chi connectivity index (χ0n) is 11.1. The van der Waals surface area contributed by atoms with Crippen LogP contribution in [-0.4, -0.2) is 43.4 Å². The molecule has 1 aliphatic heterocycles. The van der Waals surface area contributed by atoms with Gasteiger partial charge in [0.1, 0.15) is 0 Å². The summed E-state index contributed by atoms with van der Waals surface area (Å²) in [5, 5.41) is 10.7. The number of sulfone groups is 1. The third-order valence-corrected chi connectivity index (χ3v) is 6.77. The Morgan fingerprint density at radius 2 is 1.95 bits per heavy atom. The van der Waals surface area contributed by atoms with Gasteiger partial charge in [-0.25, -0.2) is 8.42 Å². The molecule has 0 amide bonds. The number of aliphatic hydroxyl groups is 1. The summed E-state index contributed by atoms with van der Waals surface area (Å²) in [7, 11) is -3.33. The summed E-state index contributed by atoms with van der Waals surface area (Å²) >= 11 is 0. The second-order valence-corrected chi connectivity index (χ2v) is 8.38. The van der Waals surface area contributed by atoms with Crippen molar-refractivity contribution in [3.63, 3.8) is 0 Å². The fraction of sp³-hybridized carbons (Fsp3) is 1.00. The molecule has 8 heteroatoms. The van der Waals surface area contributed by atoms with Crippen LogP contribution < -0.4 is 5.73 Å². The second kappa shape index (κ2) is 4.84. The third kappa shape index (κ3) is 2.69. The zero-order chi connectivity index (χ0) is 15.2. The lowest BCUT2D eigenvalue weighted by Gasteiger charge is -2.48. The lowest BCUT2D eigenvalue weighted by atomic mass is 9.62. The molecule has 1 aliphatic carbocycles. The van der Waals surface area contributed by atoms with Crippen molar-refractivity contribution in [1.82, 2.24) is 0 Å². The summed E-state index contributed by atoms with van der Waals surface area (Å²) < 4.78 is 62.0. The topological polar surface area (TPSA) is 80.4 Å². The van der Waals surface area contributed by atoms with Crippen molar-refractivity contribution in [1.29, 1.82) is 0 Å². The van der Waals surface area contributed by atoms with Crippen LogP contribution in [0.4, 0.5) is 13.2 Å². The van der Waals surface area contributed by atoms with E-state index in [9.17, 15) is 26.7 Å². The Kier molecular flexibility index (Phi) is 3.88. The van der Waals surface area contributed by atoms with Gasteiger partial charge in [0.25, 0.3) is 0 Å². The van der Waals surface area contributed by atoms with E-state index in [0.717, 1.165) is 0 Å². The Morgan fingerprint density at radius 1 is 1.30 bits per heavy atom. The fourth-order valence-electron chi connectivity index (χ4n) is 3.65. The van der Waals surface area contributed by atoms with Crippen molar-refractivity contribution in [2.75, 3.05) is 18.1 Å². The summed E-state index contributed by atoms with van der Waals surface area (Å²) in [5.41, 5.74) is 2.89. The molecule has 0 spiro atoms. The number of nitrogens with two attached hydrogens (primary N) is 1. The van der Waals surface area contributed by atoms with Gasteiger partial charge in [0, 0.05) is 12.0 Å². The smallest absolute Gasteiger partial charge is 0.389 e. The minimum Gasteiger partial charge on any atom is -0.389 e. The van der Waals surface area contributed by atoms with Gasteiger partial charge in [-0.05, 0) is 32.1 Å². The van der Waals surface area contributed by atoms with Crippen LogP contribution in [0.1, 0.15) is 32.1 Å². The summed E-state index contributed by atoms with van der Waals surface area (Å²) in [6.45, 7) is -0.104. The molecule has 1 saturated heterocycles. The third-order valence-electron chi connectivity index (χ3n) is 4.96. The van der Waals surface area contributed by atoms with E-state index in [-0.39, 0.29) is 43.7 Å². The van der Waals surface area contributed by atoms with E-state index in [0.29, 0.717) is 0 Å². The molecule has 1 heterocycles.